The van der Waals surface area contributed by atoms with Gasteiger partial charge in [-0.1, -0.05) is 12.1 Å². The van der Waals surface area contributed by atoms with Crippen LogP contribution in [0.15, 0.2) is 40.9 Å². The Balaban J connectivity index is 2.19. The third kappa shape index (κ3) is 3.22. The van der Waals surface area contributed by atoms with Crippen LogP contribution < -0.4 is 4.74 Å². The Bertz CT molecular complexity index is 656. The number of ketones is 1. The van der Waals surface area contributed by atoms with Crippen LogP contribution in [0, 0.1) is 11.6 Å². The van der Waals surface area contributed by atoms with Crippen molar-refractivity contribution in [3.05, 3.63) is 63.6 Å². The maximum Gasteiger partial charge on any atom is 0.159 e. The van der Waals surface area contributed by atoms with Crippen molar-refractivity contribution in [2.45, 2.75) is 13.5 Å². The summed E-state index contributed by atoms with van der Waals surface area (Å²) in [5.41, 5.74) is 0.324. The van der Waals surface area contributed by atoms with Crippen LogP contribution in [0.4, 0.5) is 8.78 Å². The fraction of sp³-hybridized carbons (Fsp3) is 0.133. The van der Waals surface area contributed by atoms with E-state index in [0.717, 1.165) is 6.07 Å². The average molecular weight is 341 g/mol. The Labute approximate surface area is 123 Å². The quantitative estimate of drug-likeness (QED) is 0.604. The number of Topliss-reactive ketones (excluding diaryl/α,β-unsaturated/α-hetero) is 1. The second-order valence-electron chi connectivity index (χ2n) is 4.19. The van der Waals surface area contributed by atoms with Gasteiger partial charge in [0.2, 0.25) is 0 Å². The molecule has 20 heavy (non-hydrogen) atoms. The number of benzene rings is 2. The lowest BCUT2D eigenvalue weighted by atomic mass is 10.1. The van der Waals surface area contributed by atoms with Gasteiger partial charge in [-0.3, -0.25) is 4.79 Å². The molecule has 0 fully saturated rings. The van der Waals surface area contributed by atoms with E-state index in [0.29, 0.717) is 11.3 Å². The van der Waals surface area contributed by atoms with Crippen LogP contribution in [0.1, 0.15) is 22.8 Å². The molecule has 0 aliphatic rings. The highest BCUT2D eigenvalue weighted by Gasteiger charge is 2.13. The van der Waals surface area contributed by atoms with Crippen molar-refractivity contribution < 1.29 is 18.3 Å². The number of rotatable bonds is 4. The van der Waals surface area contributed by atoms with Crippen molar-refractivity contribution in [2.75, 3.05) is 0 Å². The van der Waals surface area contributed by atoms with Gasteiger partial charge in [-0.2, -0.15) is 0 Å². The first-order valence-electron chi connectivity index (χ1n) is 5.85. The van der Waals surface area contributed by atoms with Crippen molar-refractivity contribution >= 4 is 21.7 Å². The van der Waals surface area contributed by atoms with Crippen molar-refractivity contribution in [1.29, 1.82) is 0 Å². The minimum atomic E-state index is -0.687. The molecule has 0 radical (unpaired) electrons. The van der Waals surface area contributed by atoms with Gasteiger partial charge in [0.05, 0.1) is 10.0 Å². The zero-order chi connectivity index (χ0) is 14.7. The summed E-state index contributed by atoms with van der Waals surface area (Å²) in [6.07, 6.45) is 0. The van der Waals surface area contributed by atoms with Crippen molar-refractivity contribution in [3.8, 4) is 5.75 Å². The molecule has 0 N–H and O–H groups in total. The van der Waals surface area contributed by atoms with E-state index in [1.165, 1.54) is 19.1 Å². The average Bonchev–Trinajstić information content (AvgIpc) is 2.43. The topological polar surface area (TPSA) is 26.3 Å². The molecule has 0 spiro atoms. The Morgan fingerprint density at radius 2 is 2.00 bits per heavy atom. The maximum absolute atomic E-state index is 13.8. The van der Waals surface area contributed by atoms with E-state index >= 15 is 0 Å². The van der Waals surface area contributed by atoms with Crippen molar-refractivity contribution in [1.82, 2.24) is 0 Å². The number of carbonyl (C=O) groups is 1. The maximum atomic E-state index is 13.8. The molecule has 2 nitrogen and oxygen atoms in total. The number of carbonyl (C=O) groups excluding carboxylic acids is 1. The predicted octanol–water partition coefficient (Wildman–Crippen LogP) is 4.51. The summed E-state index contributed by atoms with van der Waals surface area (Å²) < 4.78 is 32.8. The third-order valence-electron chi connectivity index (χ3n) is 2.76. The molecule has 2 aromatic rings. The van der Waals surface area contributed by atoms with Crippen molar-refractivity contribution in [3.63, 3.8) is 0 Å². The molecule has 2 rings (SSSR count). The molecule has 0 saturated heterocycles. The van der Waals surface area contributed by atoms with E-state index in [9.17, 15) is 13.6 Å². The van der Waals surface area contributed by atoms with E-state index in [-0.39, 0.29) is 22.4 Å². The molecule has 0 bridgehead atoms. The highest BCUT2D eigenvalue weighted by molar-refractivity contribution is 9.10. The van der Waals surface area contributed by atoms with Gasteiger partial charge in [-0.25, -0.2) is 8.78 Å². The Kier molecular flexibility index (Phi) is 4.49. The van der Waals surface area contributed by atoms with E-state index in [4.69, 9.17) is 4.74 Å². The van der Waals surface area contributed by atoms with Crippen LogP contribution in [0.2, 0.25) is 0 Å². The molecule has 0 unspecified atom stereocenters. The van der Waals surface area contributed by atoms with Crippen LogP contribution in [0.3, 0.4) is 0 Å². The van der Waals surface area contributed by atoms with Crippen LogP contribution in [0.5, 0.6) is 5.75 Å². The SMILES string of the molecule is CC(=O)c1cccc(OCc2c(F)ccc(Br)c2F)c1. The Morgan fingerprint density at radius 1 is 1.25 bits per heavy atom. The molecule has 5 heteroatoms. The van der Waals surface area contributed by atoms with E-state index in [1.807, 2.05) is 0 Å². The number of ether oxygens (including phenoxy) is 1. The molecule has 0 heterocycles. The number of hydrogen-bond acceptors (Lipinski definition) is 2. The second kappa shape index (κ2) is 6.13. The lowest BCUT2D eigenvalue weighted by molar-refractivity contribution is 0.101. The zero-order valence-electron chi connectivity index (χ0n) is 10.6. The van der Waals surface area contributed by atoms with Crippen LogP contribution >= 0.6 is 15.9 Å². The molecular formula is C15H11BrF2O2. The largest absolute Gasteiger partial charge is 0.489 e. The minimum Gasteiger partial charge on any atom is -0.489 e. The summed E-state index contributed by atoms with van der Waals surface area (Å²) in [7, 11) is 0. The van der Waals surface area contributed by atoms with Crippen LogP contribution in [-0.2, 0) is 6.61 Å². The summed E-state index contributed by atoms with van der Waals surface area (Å²) in [4.78, 5) is 11.2. The van der Waals surface area contributed by atoms with Crippen molar-refractivity contribution in [2.24, 2.45) is 0 Å². The van der Waals surface area contributed by atoms with Gasteiger partial charge in [-0.15, -0.1) is 0 Å². The first-order valence-corrected chi connectivity index (χ1v) is 6.64. The van der Waals surface area contributed by atoms with E-state index < -0.39 is 11.6 Å². The first kappa shape index (κ1) is 14.7. The van der Waals surface area contributed by atoms with Gasteiger partial charge in [0.15, 0.2) is 5.78 Å². The monoisotopic (exact) mass is 340 g/mol. The normalized spacial score (nSPS) is 10.4. The first-order chi connectivity index (χ1) is 9.49. The molecule has 0 aliphatic carbocycles. The molecule has 2 aromatic carbocycles. The highest BCUT2D eigenvalue weighted by Crippen LogP contribution is 2.23. The molecular weight excluding hydrogens is 330 g/mol. The zero-order valence-corrected chi connectivity index (χ0v) is 12.2. The molecule has 0 amide bonds. The fourth-order valence-electron chi connectivity index (χ4n) is 1.66. The van der Waals surface area contributed by atoms with Gasteiger partial charge in [0.1, 0.15) is 24.0 Å². The predicted molar refractivity (Wildman–Crippen MR) is 74.8 cm³/mol. The van der Waals surface area contributed by atoms with Gasteiger partial charge >= 0.3 is 0 Å². The molecule has 0 atom stereocenters. The summed E-state index contributed by atoms with van der Waals surface area (Å²) in [5.74, 6) is -1.08. The van der Waals surface area contributed by atoms with Gasteiger partial charge < -0.3 is 4.74 Å². The molecule has 0 saturated carbocycles. The smallest absolute Gasteiger partial charge is 0.159 e. The number of hydrogen-bond donors (Lipinski definition) is 0. The van der Waals surface area contributed by atoms with E-state index in [1.54, 1.807) is 18.2 Å². The summed E-state index contributed by atoms with van der Waals surface area (Å²) in [5, 5.41) is 0. The van der Waals surface area contributed by atoms with Crippen LogP contribution in [-0.4, -0.2) is 5.78 Å². The highest BCUT2D eigenvalue weighted by atomic mass is 79.9. The lowest BCUT2D eigenvalue weighted by Gasteiger charge is -2.09. The summed E-state index contributed by atoms with van der Waals surface area (Å²) in [6, 6.07) is 8.92. The second-order valence-corrected chi connectivity index (χ2v) is 5.05. The minimum absolute atomic E-state index is 0.102. The van der Waals surface area contributed by atoms with E-state index in [2.05, 4.69) is 15.9 Å². The molecule has 104 valence electrons. The lowest BCUT2D eigenvalue weighted by Crippen LogP contribution is -2.03. The third-order valence-corrected chi connectivity index (χ3v) is 3.38. The van der Waals surface area contributed by atoms with Crippen LogP contribution in [0.25, 0.3) is 0 Å². The Hall–Kier alpha value is -1.75. The molecule has 0 aliphatic heterocycles. The van der Waals surface area contributed by atoms with Gasteiger partial charge in [-0.05, 0) is 47.1 Å². The fourth-order valence-corrected chi connectivity index (χ4v) is 2.03. The summed E-state index contributed by atoms with van der Waals surface area (Å²) in [6.45, 7) is 1.19. The molecule has 0 aromatic heterocycles. The van der Waals surface area contributed by atoms with Gasteiger partial charge in [0, 0.05) is 5.56 Å². The summed E-state index contributed by atoms with van der Waals surface area (Å²) >= 11 is 3.00. The Morgan fingerprint density at radius 3 is 2.70 bits per heavy atom. The number of halogens is 3. The standard InChI is InChI=1S/C15H11BrF2O2/c1-9(19)10-3-2-4-11(7-10)20-8-12-14(17)6-5-13(16)15(12)18/h2-7H,8H2,1H3. The van der Waals surface area contributed by atoms with Gasteiger partial charge in [0.25, 0.3) is 0 Å².